The van der Waals surface area contributed by atoms with Crippen LogP contribution in [0.25, 0.3) is 10.8 Å². The second-order valence-electron chi connectivity index (χ2n) is 5.76. The van der Waals surface area contributed by atoms with E-state index in [1.807, 2.05) is 36.4 Å². The lowest BCUT2D eigenvalue weighted by atomic mass is 10.1. The summed E-state index contributed by atoms with van der Waals surface area (Å²) in [6.07, 6.45) is -0.625. The second-order valence-corrected chi connectivity index (χ2v) is 5.76. The molecular weight excluding hydrogens is 302 g/mol. The molecule has 3 aromatic rings. The van der Waals surface area contributed by atoms with Crippen molar-refractivity contribution in [1.29, 1.82) is 0 Å². The predicted molar refractivity (Wildman–Crippen MR) is 92.1 cm³/mol. The SMILES string of the molecule is O=C(NCc1ccc2ccccc2c1)C1COc2ccccc2O1. The zero-order valence-corrected chi connectivity index (χ0v) is 13.1. The predicted octanol–water partition coefficient (Wildman–Crippen LogP) is 3.30. The summed E-state index contributed by atoms with van der Waals surface area (Å²) in [5.74, 6) is 1.11. The number of para-hydroxylation sites is 2. The fourth-order valence-electron chi connectivity index (χ4n) is 2.80. The zero-order valence-electron chi connectivity index (χ0n) is 13.1. The molecule has 120 valence electrons. The summed E-state index contributed by atoms with van der Waals surface area (Å²) in [6, 6.07) is 21.7. The largest absolute Gasteiger partial charge is 0.485 e. The van der Waals surface area contributed by atoms with E-state index in [1.54, 1.807) is 6.07 Å². The first-order valence-electron chi connectivity index (χ1n) is 7.93. The number of rotatable bonds is 3. The molecule has 1 unspecified atom stereocenters. The Hall–Kier alpha value is -3.01. The Morgan fingerprint density at radius 2 is 1.71 bits per heavy atom. The van der Waals surface area contributed by atoms with E-state index in [9.17, 15) is 4.79 Å². The number of ether oxygens (including phenoxy) is 2. The highest BCUT2D eigenvalue weighted by Crippen LogP contribution is 2.30. The first-order chi connectivity index (χ1) is 11.8. The molecule has 1 atom stereocenters. The van der Waals surface area contributed by atoms with Gasteiger partial charge in [-0.15, -0.1) is 0 Å². The quantitative estimate of drug-likeness (QED) is 0.806. The molecule has 4 nitrogen and oxygen atoms in total. The van der Waals surface area contributed by atoms with Crippen LogP contribution >= 0.6 is 0 Å². The van der Waals surface area contributed by atoms with Crippen LogP contribution in [0, 0.1) is 0 Å². The van der Waals surface area contributed by atoms with Gasteiger partial charge in [0.2, 0.25) is 6.10 Å². The van der Waals surface area contributed by atoms with Crippen LogP contribution in [0.3, 0.4) is 0 Å². The number of fused-ring (bicyclic) bond motifs is 2. The maximum absolute atomic E-state index is 12.3. The Balaban J connectivity index is 1.41. The number of nitrogens with one attached hydrogen (secondary N) is 1. The highest BCUT2D eigenvalue weighted by Gasteiger charge is 2.26. The van der Waals surface area contributed by atoms with Crippen LogP contribution in [0.1, 0.15) is 5.56 Å². The van der Waals surface area contributed by atoms with Gasteiger partial charge in [0, 0.05) is 6.54 Å². The van der Waals surface area contributed by atoms with Crippen LogP contribution in [0.2, 0.25) is 0 Å². The monoisotopic (exact) mass is 319 g/mol. The van der Waals surface area contributed by atoms with E-state index >= 15 is 0 Å². The third-order valence-corrected chi connectivity index (χ3v) is 4.08. The molecule has 0 radical (unpaired) electrons. The maximum Gasteiger partial charge on any atom is 0.264 e. The van der Waals surface area contributed by atoms with Crippen molar-refractivity contribution >= 4 is 16.7 Å². The number of hydrogen-bond acceptors (Lipinski definition) is 3. The van der Waals surface area contributed by atoms with Crippen molar-refractivity contribution in [3.63, 3.8) is 0 Å². The van der Waals surface area contributed by atoms with Gasteiger partial charge in [0.15, 0.2) is 11.5 Å². The molecule has 1 aliphatic rings. The van der Waals surface area contributed by atoms with Gasteiger partial charge in [-0.05, 0) is 34.5 Å². The number of carbonyl (C=O) groups is 1. The fourth-order valence-corrected chi connectivity index (χ4v) is 2.80. The number of hydrogen-bond donors (Lipinski definition) is 1. The number of benzene rings is 3. The lowest BCUT2D eigenvalue weighted by Crippen LogP contribution is -2.43. The van der Waals surface area contributed by atoms with Crippen LogP contribution in [-0.2, 0) is 11.3 Å². The third kappa shape index (κ3) is 2.91. The van der Waals surface area contributed by atoms with Crippen molar-refractivity contribution in [2.45, 2.75) is 12.6 Å². The van der Waals surface area contributed by atoms with Gasteiger partial charge in [0.25, 0.3) is 5.91 Å². The lowest BCUT2D eigenvalue weighted by molar-refractivity contribution is -0.130. The standard InChI is InChI=1S/C20H17NO3/c22-20(19-13-23-17-7-3-4-8-18(17)24-19)21-12-14-9-10-15-5-1-2-6-16(15)11-14/h1-11,19H,12-13H2,(H,21,22). The Kier molecular flexibility index (Phi) is 3.79. The summed E-state index contributed by atoms with van der Waals surface area (Å²) in [5.41, 5.74) is 1.05. The van der Waals surface area contributed by atoms with Crippen LogP contribution in [0.5, 0.6) is 11.5 Å². The molecule has 1 N–H and O–H groups in total. The Morgan fingerprint density at radius 3 is 2.58 bits per heavy atom. The minimum Gasteiger partial charge on any atom is -0.485 e. The molecular formula is C20H17NO3. The van der Waals surface area contributed by atoms with E-state index in [4.69, 9.17) is 9.47 Å². The van der Waals surface area contributed by atoms with Gasteiger partial charge in [-0.1, -0.05) is 48.5 Å². The minimum atomic E-state index is -0.625. The molecule has 0 spiro atoms. The van der Waals surface area contributed by atoms with Crippen molar-refractivity contribution in [2.75, 3.05) is 6.61 Å². The highest BCUT2D eigenvalue weighted by molar-refractivity contribution is 5.84. The van der Waals surface area contributed by atoms with Crippen LogP contribution in [0.4, 0.5) is 0 Å². The zero-order chi connectivity index (χ0) is 16.4. The summed E-state index contributed by atoms with van der Waals surface area (Å²) in [6.45, 7) is 0.686. The smallest absolute Gasteiger partial charge is 0.264 e. The summed E-state index contributed by atoms with van der Waals surface area (Å²) in [7, 11) is 0. The van der Waals surface area contributed by atoms with E-state index in [0.29, 0.717) is 18.0 Å². The molecule has 0 bridgehead atoms. The molecule has 24 heavy (non-hydrogen) atoms. The van der Waals surface area contributed by atoms with E-state index in [0.717, 1.165) is 10.9 Å². The van der Waals surface area contributed by atoms with Gasteiger partial charge in [-0.25, -0.2) is 0 Å². The van der Waals surface area contributed by atoms with Gasteiger partial charge in [0.05, 0.1) is 0 Å². The van der Waals surface area contributed by atoms with Crippen molar-refractivity contribution in [1.82, 2.24) is 5.32 Å². The first-order valence-corrected chi connectivity index (χ1v) is 7.93. The topological polar surface area (TPSA) is 47.6 Å². The molecule has 0 fully saturated rings. The maximum atomic E-state index is 12.3. The minimum absolute atomic E-state index is 0.169. The lowest BCUT2D eigenvalue weighted by Gasteiger charge is -2.25. The Bertz CT molecular complexity index is 891. The fraction of sp³-hybridized carbons (Fsp3) is 0.150. The van der Waals surface area contributed by atoms with Gasteiger partial charge in [-0.2, -0.15) is 0 Å². The molecule has 4 heteroatoms. The van der Waals surface area contributed by atoms with Gasteiger partial charge in [-0.3, -0.25) is 4.79 Å². The summed E-state index contributed by atoms with van der Waals surface area (Å²) >= 11 is 0. The van der Waals surface area contributed by atoms with Gasteiger partial charge in [0.1, 0.15) is 6.61 Å². The van der Waals surface area contributed by atoms with Crippen molar-refractivity contribution in [3.05, 3.63) is 72.3 Å². The van der Waals surface area contributed by atoms with Gasteiger partial charge < -0.3 is 14.8 Å². The molecule has 1 heterocycles. The number of amides is 1. The molecule has 1 amide bonds. The van der Waals surface area contributed by atoms with Crippen LogP contribution in [-0.4, -0.2) is 18.6 Å². The average molecular weight is 319 g/mol. The van der Waals surface area contributed by atoms with Crippen LogP contribution < -0.4 is 14.8 Å². The Labute approximate surface area is 140 Å². The van der Waals surface area contributed by atoms with Crippen molar-refractivity contribution in [2.24, 2.45) is 0 Å². The van der Waals surface area contributed by atoms with E-state index in [1.165, 1.54) is 5.39 Å². The second kappa shape index (κ2) is 6.24. The number of carbonyl (C=O) groups excluding carboxylic acids is 1. The van der Waals surface area contributed by atoms with Crippen LogP contribution in [0.15, 0.2) is 66.7 Å². The molecule has 4 rings (SSSR count). The molecule has 0 aromatic heterocycles. The molecule has 0 saturated carbocycles. The van der Waals surface area contributed by atoms with E-state index < -0.39 is 6.10 Å². The van der Waals surface area contributed by atoms with E-state index in [-0.39, 0.29) is 12.5 Å². The van der Waals surface area contributed by atoms with Crippen molar-refractivity contribution < 1.29 is 14.3 Å². The first kappa shape index (κ1) is 14.6. The summed E-state index contributed by atoms with van der Waals surface area (Å²) < 4.78 is 11.3. The Morgan fingerprint density at radius 1 is 0.958 bits per heavy atom. The molecule has 1 aliphatic heterocycles. The molecule has 3 aromatic carbocycles. The van der Waals surface area contributed by atoms with Crippen molar-refractivity contribution in [3.8, 4) is 11.5 Å². The summed E-state index contributed by atoms with van der Waals surface area (Å²) in [5, 5.41) is 5.27. The average Bonchev–Trinajstić information content (AvgIpc) is 2.65. The third-order valence-electron chi connectivity index (χ3n) is 4.08. The van der Waals surface area contributed by atoms with E-state index in [2.05, 4.69) is 29.6 Å². The summed E-state index contributed by atoms with van der Waals surface area (Å²) in [4.78, 5) is 12.3. The van der Waals surface area contributed by atoms with Gasteiger partial charge >= 0.3 is 0 Å². The molecule has 0 aliphatic carbocycles. The normalized spacial score (nSPS) is 15.9. The molecule has 0 saturated heterocycles. The highest BCUT2D eigenvalue weighted by atomic mass is 16.6.